The molecule has 5 aliphatic carbocycles. The van der Waals surface area contributed by atoms with E-state index in [9.17, 15) is 24.6 Å². The molecule has 32 heavy (non-hydrogen) atoms. The van der Waals surface area contributed by atoms with Crippen LogP contribution in [0.2, 0.25) is 0 Å². The largest absolute Gasteiger partial charge is 0.506 e. The van der Waals surface area contributed by atoms with E-state index in [2.05, 4.69) is 11.4 Å². The first kappa shape index (κ1) is 21.0. The molecule has 4 bridgehead atoms. The Labute approximate surface area is 186 Å². The smallest absolute Gasteiger partial charge is 0.339 e. The van der Waals surface area contributed by atoms with E-state index in [0.29, 0.717) is 12.3 Å². The van der Waals surface area contributed by atoms with Gasteiger partial charge in [0.25, 0.3) is 0 Å². The summed E-state index contributed by atoms with van der Waals surface area (Å²) in [5, 5.41) is 31.8. The summed E-state index contributed by atoms with van der Waals surface area (Å²) < 4.78 is 0. The number of phenolic OH excluding ortho intramolecular Hbond substituents is 1. The Balaban J connectivity index is 1.35. The molecule has 5 aliphatic rings. The number of hydrogen-bond acceptors (Lipinski definition) is 5. The van der Waals surface area contributed by atoms with Gasteiger partial charge in [-0.25, -0.2) is 4.79 Å². The van der Waals surface area contributed by atoms with Crippen LogP contribution >= 0.6 is 0 Å². The van der Waals surface area contributed by atoms with Crippen molar-refractivity contribution in [1.29, 1.82) is 0 Å². The number of allylic oxidation sites excluding steroid dienone is 2. The van der Waals surface area contributed by atoms with Gasteiger partial charge in [0.1, 0.15) is 17.0 Å². The Hall–Kier alpha value is -2.83. The SMILES string of the molecule is C[C@@]1(CCC(=O)Nc2c(O)ccc(C(=O)O)c2O)C(=O)C=CC23C[C@@H]4CC(C[C@@H](C4)C2)[C@H]31. The molecule has 6 rings (SSSR count). The predicted octanol–water partition coefficient (Wildman–Crippen LogP) is 4.10. The number of anilines is 1. The van der Waals surface area contributed by atoms with E-state index in [1.807, 2.05) is 6.92 Å². The Morgan fingerprint density at radius 2 is 1.81 bits per heavy atom. The number of nitrogens with one attached hydrogen (secondary N) is 1. The summed E-state index contributed by atoms with van der Waals surface area (Å²) in [7, 11) is 0. The monoisotopic (exact) mass is 439 g/mol. The molecule has 7 heteroatoms. The molecule has 4 N–H and O–H groups in total. The van der Waals surface area contributed by atoms with Crippen LogP contribution in [0.1, 0.15) is 62.2 Å². The van der Waals surface area contributed by atoms with Crippen molar-refractivity contribution < 1.29 is 29.7 Å². The van der Waals surface area contributed by atoms with Crippen LogP contribution in [0.4, 0.5) is 5.69 Å². The fraction of sp³-hybridized carbons (Fsp3) is 0.560. The zero-order valence-corrected chi connectivity index (χ0v) is 18.1. The van der Waals surface area contributed by atoms with Gasteiger partial charge in [0.15, 0.2) is 11.5 Å². The summed E-state index contributed by atoms with van der Waals surface area (Å²) in [5.74, 6) is -0.599. The molecule has 4 fully saturated rings. The standard InChI is InChI=1S/C25H29NO6/c1-24(6-5-19(29)26-20-17(27)3-2-16(21(20)30)23(31)32)18(28)4-7-25-11-13-8-14(12-25)10-15(9-13)22(24)25/h2-4,7,13-15,22,27,30H,5-6,8-12H2,1H3,(H,26,29)(H,31,32)/t13-,14+,15?,22-,24+,25?/m0/s1. The highest BCUT2D eigenvalue weighted by Crippen LogP contribution is 2.69. The van der Waals surface area contributed by atoms with Gasteiger partial charge < -0.3 is 20.6 Å². The first-order chi connectivity index (χ1) is 15.1. The summed E-state index contributed by atoms with van der Waals surface area (Å²) in [4.78, 5) is 37.1. The van der Waals surface area contributed by atoms with Crippen molar-refractivity contribution in [2.24, 2.45) is 34.5 Å². The maximum absolute atomic E-state index is 13.1. The molecule has 4 saturated carbocycles. The number of carboxylic acids is 1. The maximum Gasteiger partial charge on any atom is 0.339 e. The lowest BCUT2D eigenvalue weighted by molar-refractivity contribution is -0.160. The number of carbonyl (C=O) groups is 3. The van der Waals surface area contributed by atoms with Gasteiger partial charge in [-0.2, -0.15) is 0 Å². The molecule has 1 spiro atoms. The van der Waals surface area contributed by atoms with E-state index >= 15 is 0 Å². The Kier molecular flexibility index (Phi) is 4.66. The number of ketones is 1. The van der Waals surface area contributed by atoms with E-state index in [0.717, 1.165) is 36.8 Å². The van der Waals surface area contributed by atoms with Gasteiger partial charge in [0, 0.05) is 11.8 Å². The van der Waals surface area contributed by atoms with Crippen molar-refractivity contribution >= 4 is 23.3 Å². The van der Waals surface area contributed by atoms with Gasteiger partial charge in [0.2, 0.25) is 5.91 Å². The van der Waals surface area contributed by atoms with Crippen LogP contribution in [0.5, 0.6) is 11.5 Å². The number of aromatic hydroxyl groups is 2. The van der Waals surface area contributed by atoms with E-state index in [4.69, 9.17) is 5.11 Å². The Morgan fingerprint density at radius 3 is 2.47 bits per heavy atom. The normalized spacial score (nSPS) is 36.7. The first-order valence-electron chi connectivity index (χ1n) is 11.4. The molecule has 2 unspecified atom stereocenters. The zero-order valence-electron chi connectivity index (χ0n) is 18.1. The van der Waals surface area contributed by atoms with Crippen molar-refractivity contribution in [2.75, 3.05) is 5.32 Å². The molecule has 0 radical (unpaired) electrons. The minimum Gasteiger partial charge on any atom is -0.506 e. The van der Waals surface area contributed by atoms with Crippen LogP contribution in [0.3, 0.4) is 0 Å². The highest BCUT2D eigenvalue weighted by molar-refractivity contribution is 6.00. The Bertz CT molecular complexity index is 1030. The molecule has 0 saturated heterocycles. The summed E-state index contributed by atoms with van der Waals surface area (Å²) in [6, 6.07) is 2.19. The lowest BCUT2D eigenvalue weighted by Crippen LogP contribution is -2.60. The third kappa shape index (κ3) is 3.05. The average molecular weight is 440 g/mol. The van der Waals surface area contributed by atoms with E-state index in [1.54, 1.807) is 6.08 Å². The highest BCUT2D eigenvalue weighted by atomic mass is 16.4. The second-order valence-corrected chi connectivity index (χ2v) is 10.6. The minimum atomic E-state index is -1.36. The quantitative estimate of drug-likeness (QED) is 0.512. The third-order valence-corrected chi connectivity index (χ3v) is 8.71. The summed E-state index contributed by atoms with van der Waals surface area (Å²) >= 11 is 0. The minimum absolute atomic E-state index is 0.0401. The van der Waals surface area contributed by atoms with Crippen LogP contribution in [-0.2, 0) is 9.59 Å². The Morgan fingerprint density at radius 1 is 1.12 bits per heavy atom. The number of hydrogen-bond donors (Lipinski definition) is 4. The van der Waals surface area contributed by atoms with Gasteiger partial charge in [-0.1, -0.05) is 13.0 Å². The van der Waals surface area contributed by atoms with Crippen molar-refractivity contribution in [2.45, 2.75) is 51.9 Å². The van der Waals surface area contributed by atoms with E-state index in [-0.39, 0.29) is 29.2 Å². The number of phenols is 2. The van der Waals surface area contributed by atoms with Crippen molar-refractivity contribution in [3.63, 3.8) is 0 Å². The summed E-state index contributed by atoms with van der Waals surface area (Å²) in [5.41, 5.74) is -1.29. The van der Waals surface area contributed by atoms with Gasteiger partial charge in [-0.05, 0) is 85.8 Å². The van der Waals surface area contributed by atoms with E-state index in [1.165, 1.54) is 19.3 Å². The lowest BCUT2D eigenvalue weighted by atomic mass is 9.38. The molecule has 1 amide bonds. The second kappa shape index (κ2) is 7.09. The van der Waals surface area contributed by atoms with Crippen LogP contribution in [0.15, 0.2) is 24.3 Å². The number of rotatable bonds is 5. The van der Waals surface area contributed by atoms with Gasteiger partial charge >= 0.3 is 5.97 Å². The fourth-order valence-corrected chi connectivity index (χ4v) is 7.81. The van der Waals surface area contributed by atoms with E-state index < -0.39 is 34.4 Å². The summed E-state index contributed by atoms with van der Waals surface area (Å²) in [6.45, 7) is 2.00. The topological polar surface area (TPSA) is 124 Å². The number of benzene rings is 1. The molecule has 1 aromatic rings. The van der Waals surface area contributed by atoms with Crippen LogP contribution in [0, 0.1) is 34.5 Å². The maximum atomic E-state index is 13.1. The van der Waals surface area contributed by atoms with Crippen molar-refractivity contribution in [1.82, 2.24) is 0 Å². The van der Waals surface area contributed by atoms with Gasteiger partial charge in [0.05, 0.1) is 0 Å². The number of carbonyl (C=O) groups excluding carboxylic acids is 2. The number of carboxylic acid groups (broad SMARTS) is 1. The van der Waals surface area contributed by atoms with Crippen LogP contribution < -0.4 is 5.32 Å². The average Bonchev–Trinajstić information content (AvgIpc) is 2.71. The summed E-state index contributed by atoms with van der Waals surface area (Å²) in [6.07, 6.45) is 10.3. The number of aromatic carboxylic acids is 1. The molecule has 0 aromatic heterocycles. The second-order valence-electron chi connectivity index (χ2n) is 10.6. The van der Waals surface area contributed by atoms with Crippen LogP contribution in [-0.4, -0.2) is 33.0 Å². The molecular formula is C25H29NO6. The zero-order chi connectivity index (χ0) is 22.8. The molecular weight excluding hydrogens is 410 g/mol. The molecule has 0 heterocycles. The van der Waals surface area contributed by atoms with Crippen LogP contribution in [0.25, 0.3) is 0 Å². The molecule has 1 aromatic carbocycles. The highest BCUT2D eigenvalue weighted by Gasteiger charge is 2.63. The van der Waals surface area contributed by atoms with Crippen molar-refractivity contribution in [3.8, 4) is 11.5 Å². The molecule has 170 valence electrons. The first-order valence-corrected chi connectivity index (χ1v) is 11.4. The number of amides is 1. The fourth-order valence-electron chi connectivity index (χ4n) is 7.81. The molecule has 7 nitrogen and oxygen atoms in total. The predicted molar refractivity (Wildman–Crippen MR) is 116 cm³/mol. The van der Waals surface area contributed by atoms with Gasteiger partial charge in [-0.15, -0.1) is 0 Å². The van der Waals surface area contributed by atoms with Gasteiger partial charge in [-0.3, -0.25) is 9.59 Å². The lowest BCUT2D eigenvalue weighted by Gasteiger charge is -2.65. The third-order valence-electron chi connectivity index (χ3n) is 8.71. The van der Waals surface area contributed by atoms with Crippen molar-refractivity contribution in [3.05, 3.63) is 29.8 Å². The molecule has 6 atom stereocenters. The molecule has 0 aliphatic heterocycles.